The molecule has 2 aliphatic heterocycles. The number of nitrogens with one attached hydrogen (secondary N) is 1. The molecule has 21 heavy (non-hydrogen) atoms. The minimum atomic E-state index is -0.244. The Bertz CT molecular complexity index is 410. The van der Waals surface area contributed by atoms with Gasteiger partial charge in [-0.2, -0.15) is 5.26 Å². The Labute approximate surface area is 131 Å². The molecule has 1 N–H and O–H groups in total. The van der Waals surface area contributed by atoms with Gasteiger partial charge in [0.2, 0.25) is 11.8 Å². The Morgan fingerprint density at radius 3 is 2.86 bits per heavy atom. The molecule has 2 amide bonds. The van der Waals surface area contributed by atoms with E-state index in [4.69, 9.17) is 5.26 Å². The third kappa shape index (κ3) is 4.87. The first-order chi connectivity index (χ1) is 9.72. The van der Waals surface area contributed by atoms with E-state index >= 15 is 0 Å². The summed E-state index contributed by atoms with van der Waals surface area (Å²) >= 11 is 0. The highest BCUT2D eigenvalue weighted by Crippen LogP contribution is 2.15. The van der Waals surface area contributed by atoms with E-state index in [9.17, 15) is 9.59 Å². The van der Waals surface area contributed by atoms with E-state index in [1.165, 1.54) is 0 Å². The number of nitrogens with zero attached hydrogens (tertiary/aromatic N) is 3. The van der Waals surface area contributed by atoms with Gasteiger partial charge in [-0.1, -0.05) is 0 Å². The van der Waals surface area contributed by atoms with Gasteiger partial charge < -0.3 is 15.1 Å². The standard InChI is InChI=1S/C14H22N4O2.ClH/c15-10-12-4-1-9-18(12)14(20)11-16-6-3-8-17-7-2-5-13(17)19;/h12,16H,1-9,11H2;1H/t12-;/m0./s1. The monoisotopic (exact) mass is 314 g/mol. The number of carbonyl (C=O) groups excluding carboxylic acids is 2. The van der Waals surface area contributed by atoms with Crippen molar-refractivity contribution >= 4 is 24.2 Å². The molecule has 0 aliphatic carbocycles. The number of likely N-dealkylation sites (tertiary alicyclic amines) is 2. The van der Waals surface area contributed by atoms with Gasteiger partial charge in [-0.15, -0.1) is 12.4 Å². The summed E-state index contributed by atoms with van der Waals surface area (Å²) in [5.74, 6) is 0.251. The van der Waals surface area contributed by atoms with Crippen LogP contribution in [0.4, 0.5) is 0 Å². The zero-order valence-electron chi connectivity index (χ0n) is 12.2. The highest BCUT2D eigenvalue weighted by Gasteiger charge is 2.27. The molecule has 2 aliphatic rings. The molecule has 7 heteroatoms. The van der Waals surface area contributed by atoms with Crippen molar-refractivity contribution in [3.63, 3.8) is 0 Å². The van der Waals surface area contributed by atoms with Gasteiger partial charge in [-0.3, -0.25) is 9.59 Å². The summed E-state index contributed by atoms with van der Waals surface area (Å²) in [6, 6.07) is 1.93. The van der Waals surface area contributed by atoms with Crippen molar-refractivity contribution < 1.29 is 9.59 Å². The third-order valence-electron chi connectivity index (χ3n) is 3.95. The molecule has 6 nitrogen and oxygen atoms in total. The second-order valence-corrected chi connectivity index (χ2v) is 5.39. The first kappa shape index (κ1) is 17.7. The number of halogens is 1. The van der Waals surface area contributed by atoms with Crippen LogP contribution in [-0.2, 0) is 9.59 Å². The molecular formula is C14H23ClN4O2. The van der Waals surface area contributed by atoms with E-state index in [1.807, 2.05) is 4.90 Å². The lowest BCUT2D eigenvalue weighted by Gasteiger charge is -2.20. The molecular weight excluding hydrogens is 292 g/mol. The second kappa shape index (κ2) is 8.85. The van der Waals surface area contributed by atoms with Crippen LogP contribution in [0.1, 0.15) is 32.1 Å². The van der Waals surface area contributed by atoms with Gasteiger partial charge in [0.05, 0.1) is 12.6 Å². The van der Waals surface area contributed by atoms with Crippen molar-refractivity contribution in [1.82, 2.24) is 15.1 Å². The fraction of sp³-hybridized carbons (Fsp3) is 0.786. The molecule has 0 saturated carbocycles. The maximum Gasteiger partial charge on any atom is 0.237 e. The molecule has 0 unspecified atom stereocenters. The maximum absolute atomic E-state index is 11.9. The minimum Gasteiger partial charge on any atom is -0.343 e. The summed E-state index contributed by atoms with van der Waals surface area (Å²) in [5.41, 5.74) is 0. The summed E-state index contributed by atoms with van der Waals surface area (Å²) in [6.45, 7) is 3.34. The van der Waals surface area contributed by atoms with E-state index in [1.54, 1.807) is 4.90 Å². The average molecular weight is 315 g/mol. The van der Waals surface area contributed by atoms with Crippen LogP contribution >= 0.6 is 12.4 Å². The van der Waals surface area contributed by atoms with Crippen molar-refractivity contribution in [1.29, 1.82) is 5.26 Å². The summed E-state index contributed by atoms with van der Waals surface area (Å²) in [7, 11) is 0. The van der Waals surface area contributed by atoms with Crippen LogP contribution in [0.5, 0.6) is 0 Å². The van der Waals surface area contributed by atoms with Crippen LogP contribution in [0.2, 0.25) is 0 Å². The highest BCUT2D eigenvalue weighted by molar-refractivity contribution is 5.85. The van der Waals surface area contributed by atoms with Crippen molar-refractivity contribution in [2.24, 2.45) is 0 Å². The molecule has 0 aromatic heterocycles. The predicted octanol–water partition coefficient (Wildman–Crippen LogP) is 0.525. The maximum atomic E-state index is 11.9. The normalized spacial score (nSPS) is 21.3. The van der Waals surface area contributed by atoms with E-state index in [0.29, 0.717) is 13.0 Å². The van der Waals surface area contributed by atoms with Gasteiger partial charge in [-0.05, 0) is 32.2 Å². The molecule has 0 aromatic rings. The quantitative estimate of drug-likeness (QED) is 0.725. The average Bonchev–Trinajstić information content (AvgIpc) is 3.07. The number of rotatable bonds is 6. The van der Waals surface area contributed by atoms with E-state index in [0.717, 1.165) is 45.3 Å². The van der Waals surface area contributed by atoms with Crippen molar-refractivity contribution in [3.8, 4) is 6.07 Å². The van der Waals surface area contributed by atoms with Gasteiger partial charge >= 0.3 is 0 Å². The Morgan fingerprint density at radius 1 is 1.38 bits per heavy atom. The Hall–Kier alpha value is -1.32. The molecule has 2 rings (SSSR count). The molecule has 0 spiro atoms. The zero-order chi connectivity index (χ0) is 14.4. The predicted molar refractivity (Wildman–Crippen MR) is 80.9 cm³/mol. The zero-order valence-corrected chi connectivity index (χ0v) is 13.0. The first-order valence-corrected chi connectivity index (χ1v) is 7.40. The van der Waals surface area contributed by atoms with Gasteiger partial charge in [-0.25, -0.2) is 0 Å². The topological polar surface area (TPSA) is 76.4 Å². The Kier molecular flexibility index (Phi) is 7.48. The van der Waals surface area contributed by atoms with Gasteiger partial charge in [0, 0.05) is 26.1 Å². The lowest BCUT2D eigenvalue weighted by atomic mass is 10.2. The van der Waals surface area contributed by atoms with Gasteiger partial charge in [0.1, 0.15) is 6.04 Å². The number of carbonyl (C=O) groups is 2. The summed E-state index contributed by atoms with van der Waals surface area (Å²) in [5, 5.41) is 12.0. The smallest absolute Gasteiger partial charge is 0.237 e. The summed E-state index contributed by atoms with van der Waals surface area (Å²) in [4.78, 5) is 26.9. The second-order valence-electron chi connectivity index (χ2n) is 5.39. The fourth-order valence-corrected chi connectivity index (χ4v) is 2.83. The van der Waals surface area contributed by atoms with E-state index in [2.05, 4.69) is 11.4 Å². The largest absolute Gasteiger partial charge is 0.343 e. The SMILES string of the molecule is Cl.N#C[C@@H]1CCCN1C(=O)CNCCCN1CCCC1=O. The van der Waals surface area contributed by atoms with Crippen LogP contribution in [0.3, 0.4) is 0 Å². The van der Waals surface area contributed by atoms with Crippen LogP contribution in [0.25, 0.3) is 0 Å². The number of nitriles is 1. The lowest BCUT2D eigenvalue weighted by Crippen LogP contribution is -2.41. The minimum absolute atomic E-state index is 0. The fourth-order valence-electron chi connectivity index (χ4n) is 2.83. The Morgan fingerprint density at radius 2 is 2.19 bits per heavy atom. The third-order valence-corrected chi connectivity index (χ3v) is 3.95. The molecule has 2 saturated heterocycles. The molecule has 0 aromatic carbocycles. The van der Waals surface area contributed by atoms with E-state index in [-0.39, 0.29) is 36.8 Å². The first-order valence-electron chi connectivity index (χ1n) is 7.40. The van der Waals surface area contributed by atoms with Crippen LogP contribution < -0.4 is 5.32 Å². The number of amides is 2. The van der Waals surface area contributed by atoms with E-state index < -0.39 is 0 Å². The molecule has 0 radical (unpaired) electrons. The molecule has 1 atom stereocenters. The molecule has 2 heterocycles. The lowest BCUT2D eigenvalue weighted by molar-refractivity contribution is -0.130. The van der Waals surface area contributed by atoms with Crippen molar-refractivity contribution in [2.45, 2.75) is 38.1 Å². The van der Waals surface area contributed by atoms with Crippen LogP contribution in [0, 0.1) is 11.3 Å². The van der Waals surface area contributed by atoms with Gasteiger partial charge in [0.25, 0.3) is 0 Å². The molecule has 118 valence electrons. The Balaban J connectivity index is 0.00000220. The summed E-state index contributed by atoms with van der Waals surface area (Å²) < 4.78 is 0. The number of hydrogen-bond donors (Lipinski definition) is 1. The van der Waals surface area contributed by atoms with Crippen LogP contribution in [0.15, 0.2) is 0 Å². The molecule has 2 fully saturated rings. The molecule has 0 bridgehead atoms. The van der Waals surface area contributed by atoms with Crippen LogP contribution in [-0.4, -0.2) is 60.4 Å². The van der Waals surface area contributed by atoms with Gasteiger partial charge in [0.15, 0.2) is 0 Å². The summed E-state index contributed by atoms with van der Waals surface area (Å²) in [6.07, 6.45) is 4.22. The number of hydrogen-bond acceptors (Lipinski definition) is 4. The van der Waals surface area contributed by atoms with Crippen molar-refractivity contribution in [2.75, 3.05) is 32.7 Å². The highest BCUT2D eigenvalue weighted by atomic mass is 35.5. The van der Waals surface area contributed by atoms with Crippen molar-refractivity contribution in [3.05, 3.63) is 0 Å².